The summed E-state index contributed by atoms with van der Waals surface area (Å²) >= 11 is 0. The Labute approximate surface area is 129 Å². The minimum absolute atomic E-state index is 0.0919. The van der Waals surface area contributed by atoms with Crippen LogP contribution in [0, 0.1) is 0 Å². The van der Waals surface area contributed by atoms with Crippen molar-refractivity contribution in [1.82, 2.24) is 5.32 Å². The first-order valence-electron chi connectivity index (χ1n) is 7.01. The molecule has 7 heteroatoms. The SMILES string of the molecule is CC(C)(C)OC(=O)NCCC(O)C(O)c1cc(N)ccc1O. The molecule has 0 aliphatic rings. The minimum atomic E-state index is -1.30. The van der Waals surface area contributed by atoms with E-state index in [4.69, 9.17) is 10.5 Å². The predicted molar refractivity (Wildman–Crippen MR) is 82.3 cm³/mol. The number of ether oxygens (including phenoxy) is 1. The third-order valence-corrected chi connectivity index (χ3v) is 2.84. The van der Waals surface area contributed by atoms with Crippen LogP contribution in [0.5, 0.6) is 5.75 Å². The molecular formula is C15H24N2O5. The maximum Gasteiger partial charge on any atom is 0.407 e. The van der Waals surface area contributed by atoms with Gasteiger partial charge in [-0.05, 0) is 45.4 Å². The summed E-state index contributed by atoms with van der Waals surface area (Å²) in [5, 5.41) is 32.1. The number of phenols is 1. The van der Waals surface area contributed by atoms with E-state index in [1.807, 2.05) is 0 Å². The molecule has 124 valence electrons. The van der Waals surface area contributed by atoms with Gasteiger partial charge in [0.2, 0.25) is 0 Å². The Bertz CT molecular complexity index is 513. The first-order chi connectivity index (χ1) is 10.1. The number of alkyl carbamates (subject to hydrolysis) is 1. The molecular weight excluding hydrogens is 288 g/mol. The summed E-state index contributed by atoms with van der Waals surface area (Å²) in [5.74, 6) is -0.152. The molecule has 0 aromatic heterocycles. The Morgan fingerprint density at radius 3 is 2.59 bits per heavy atom. The predicted octanol–water partition coefficient (Wildman–Crippen LogP) is 1.28. The summed E-state index contributed by atoms with van der Waals surface area (Å²) in [6, 6.07) is 4.23. The van der Waals surface area contributed by atoms with E-state index in [0.717, 1.165) is 0 Å². The molecule has 2 atom stereocenters. The number of aliphatic hydroxyl groups excluding tert-OH is 2. The molecule has 0 radical (unpaired) electrons. The Balaban J connectivity index is 2.50. The smallest absolute Gasteiger partial charge is 0.407 e. The molecule has 0 saturated carbocycles. The van der Waals surface area contributed by atoms with Gasteiger partial charge in [0.1, 0.15) is 17.5 Å². The fourth-order valence-electron chi connectivity index (χ4n) is 1.81. The first kappa shape index (κ1) is 18.1. The molecule has 1 aromatic rings. The third-order valence-electron chi connectivity index (χ3n) is 2.84. The average molecular weight is 312 g/mol. The number of anilines is 1. The van der Waals surface area contributed by atoms with E-state index in [1.54, 1.807) is 20.8 Å². The number of amides is 1. The van der Waals surface area contributed by atoms with Gasteiger partial charge >= 0.3 is 6.09 Å². The molecule has 0 aliphatic carbocycles. The number of aromatic hydroxyl groups is 1. The molecule has 1 amide bonds. The highest BCUT2D eigenvalue weighted by molar-refractivity contribution is 5.67. The number of carbonyl (C=O) groups is 1. The summed E-state index contributed by atoms with van der Waals surface area (Å²) in [6.07, 6.45) is -2.97. The van der Waals surface area contributed by atoms with Crippen molar-refractivity contribution in [2.24, 2.45) is 0 Å². The number of aliphatic hydroxyl groups is 2. The van der Waals surface area contributed by atoms with Gasteiger partial charge < -0.3 is 31.1 Å². The lowest BCUT2D eigenvalue weighted by atomic mass is 10.0. The quantitative estimate of drug-likeness (QED) is 0.412. The second-order valence-electron chi connectivity index (χ2n) is 6.05. The highest BCUT2D eigenvalue weighted by atomic mass is 16.6. The highest BCUT2D eigenvalue weighted by Gasteiger charge is 2.22. The van der Waals surface area contributed by atoms with Gasteiger partial charge in [0.15, 0.2) is 0 Å². The monoisotopic (exact) mass is 312 g/mol. The normalized spacial score (nSPS) is 14.2. The molecule has 7 nitrogen and oxygen atoms in total. The van der Waals surface area contributed by atoms with Crippen molar-refractivity contribution in [3.8, 4) is 5.75 Å². The van der Waals surface area contributed by atoms with Gasteiger partial charge in [0, 0.05) is 17.8 Å². The molecule has 22 heavy (non-hydrogen) atoms. The number of nitrogens with one attached hydrogen (secondary N) is 1. The standard InChI is InChI=1S/C15H24N2O5/c1-15(2,3)22-14(21)17-7-6-12(19)13(20)10-8-9(16)4-5-11(10)18/h4-5,8,12-13,18-20H,6-7,16H2,1-3H3,(H,17,21). The second kappa shape index (κ2) is 7.33. The minimum Gasteiger partial charge on any atom is -0.508 e. The molecule has 0 heterocycles. The Morgan fingerprint density at radius 1 is 1.36 bits per heavy atom. The number of hydrogen-bond acceptors (Lipinski definition) is 6. The number of benzene rings is 1. The van der Waals surface area contributed by atoms with Crippen LogP contribution in [0.1, 0.15) is 38.9 Å². The summed E-state index contributed by atoms with van der Waals surface area (Å²) in [4.78, 5) is 11.4. The molecule has 0 aliphatic heterocycles. The van der Waals surface area contributed by atoms with E-state index in [9.17, 15) is 20.1 Å². The zero-order chi connectivity index (χ0) is 16.9. The van der Waals surface area contributed by atoms with E-state index in [2.05, 4.69) is 5.32 Å². The van der Waals surface area contributed by atoms with Crippen LogP contribution >= 0.6 is 0 Å². The maximum absolute atomic E-state index is 11.4. The maximum atomic E-state index is 11.4. The first-order valence-corrected chi connectivity index (χ1v) is 7.01. The summed E-state index contributed by atoms with van der Waals surface area (Å²) in [6.45, 7) is 5.35. The summed E-state index contributed by atoms with van der Waals surface area (Å²) < 4.78 is 5.05. The fourth-order valence-corrected chi connectivity index (χ4v) is 1.81. The van der Waals surface area contributed by atoms with Crippen molar-refractivity contribution in [2.75, 3.05) is 12.3 Å². The van der Waals surface area contributed by atoms with E-state index in [-0.39, 0.29) is 24.3 Å². The van der Waals surface area contributed by atoms with Crippen molar-refractivity contribution >= 4 is 11.8 Å². The molecule has 0 fully saturated rings. The second-order valence-corrected chi connectivity index (χ2v) is 6.05. The van der Waals surface area contributed by atoms with Crippen LogP contribution < -0.4 is 11.1 Å². The Kier molecular flexibility index (Phi) is 6.01. The Hall–Kier alpha value is -1.99. The van der Waals surface area contributed by atoms with Crippen LogP contribution in [0.25, 0.3) is 0 Å². The van der Waals surface area contributed by atoms with Gasteiger partial charge in [-0.3, -0.25) is 0 Å². The van der Waals surface area contributed by atoms with Gasteiger partial charge in [-0.15, -0.1) is 0 Å². The number of nitrogen functional groups attached to an aromatic ring is 1. The zero-order valence-corrected chi connectivity index (χ0v) is 13.0. The molecule has 1 rings (SSSR count). The molecule has 0 bridgehead atoms. The van der Waals surface area contributed by atoms with Gasteiger partial charge in [-0.25, -0.2) is 4.79 Å². The van der Waals surface area contributed by atoms with E-state index in [1.165, 1.54) is 18.2 Å². The van der Waals surface area contributed by atoms with Crippen LogP contribution in [0.15, 0.2) is 18.2 Å². The van der Waals surface area contributed by atoms with Gasteiger partial charge in [-0.1, -0.05) is 0 Å². The van der Waals surface area contributed by atoms with E-state index in [0.29, 0.717) is 5.69 Å². The molecule has 1 aromatic carbocycles. The highest BCUT2D eigenvalue weighted by Crippen LogP contribution is 2.29. The van der Waals surface area contributed by atoms with Crippen LogP contribution in [0.4, 0.5) is 10.5 Å². The van der Waals surface area contributed by atoms with Crippen molar-refractivity contribution in [3.63, 3.8) is 0 Å². The van der Waals surface area contributed by atoms with Crippen molar-refractivity contribution in [2.45, 2.75) is 45.0 Å². The lowest BCUT2D eigenvalue weighted by Gasteiger charge is -2.21. The van der Waals surface area contributed by atoms with Gasteiger partial charge in [0.05, 0.1) is 6.10 Å². The number of carbonyl (C=O) groups excluding carboxylic acids is 1. The van der Waals surface area contributed by atoms with Crippen LogP contribution in [0.2, 0.25) is 0 Å². The molecule has 0 spiro atoms. The molecule has 2 unspecified atom stereocenters. The molecule has 0 saturated heterocycles. The Morgan fingerprint density at radius 2 is 2.00 bits per heavy atom. The fraction of sp³-hybridized carbons (Fsp3) is 0.533. The van der Waals surface area contributed by atoms with Crippen LogP contribution in [0.3, 0.4) is 0 Å². The summed E-state index contributed by atoms with van der Waals surface area (Å²) in [5.41, 5.74) is 5.49. The number of nitrogens with two attached hydrogens (primary N) is 1. The van der Waals surface area contributed by atoms with E-state index < -0.39 is 23.9 Å². The topological polar surface area (TPSA) is 125 Å². The number of phenolic OH excluding ortho intramolecular Hbond substituents is 1. The van der Waals surface area contributed by atoms with Crippen molar-refractivity contribution in [3.05, 3.63) is 23.8 Å². The lowest BCUT2D eigenvalue weighted by Crippen LogP contribution is -2.34. The van der Waals surface area contributed by atoms with Crippen molar-refractivity contribution in [1.29, 1.82) is 0 Å². The summed E-state index contributed by atoms with van der Waals surface area (Å²) in [7, 11) is 0. The van der Waals surface area contributed by atoms with Gasteiger partial charge in [0.25, 0.3) is 0 Å². The average Bonchev–Trinajstić information content (AvgIpc) is 2.38. The van der Waals surface area contributed by atoms with Crippen molar-refractivity contribution < 1.29 is 24.9 Å². The van der Waals surface area contributed by atoms with Crippen LogP contribution in [-0.2, 0) is 4.74 Å². The largest absolute Gasteiger partial charge is 0.508 e. The van der Waals surface area contributed by atoms with Crippen LogP contribution in [-0.4, -0.2) is 39.7 Å². The van der Waals surface area contributed by atoms with Gasteiger partial charge in [-0.2, -0.15) is 0 Å². The third kappa shape index (κ3) is 5.79. The molecule has 6 N–H and O–H groups in total. The number of rotatable bonds is 5. The lowest BCUT2D eigenvalue weighted by molar-refractivity contribution is 0.0111. The van der Waals surface area contributed by atoms with E-state index >= 15 is 0 Å². The zero-order valence-electron chi connectivity index (χ0n) is 13.0. The number of hydrogen-bond donors (Lipinski definition) is 5.